The molecule has 1 saturated heterocycles. The van der Waals surface area contributed by atoms with Gasteiger partial charge in [0.15, 0.2) is 0 Å². The Hall–Kier alpha value is -2.34. The van der Waals surface area contributed by atoms with Crippen molar-refractivity contribution in [2.75, 3.05) is 18.0 Å². The molecule has 0 saturated carbocycles. The smallest absolute Gasteiger partial charge is 0.146 e. The number of rotatable bonds is 4. The maximum Gasteiger partial charge on any atom is 0.146 e. The van der Waals surface area contributed by atoms with Crippen LogP contribution in [0.25, 0.3) is 0 Å². The van der Waals surface area contributed by atoms with Gasteiger partial charge in [-0.2, -0.15) is 5.26 Å². The quantitative estimate of drug-likeness (QED) is 0.821. The number of hydrogen-bond acceptors (Lipinski definition) is 2. The van der Waals surface area contributed by atoms with Gasteiger partial charge < -0.3 is 4.90 Å². The molecule has 0 aromatic heterocycles. The number of nitriles is 1. The van der Waals surface area contributed by atoms with Gasteiger partial charge >= 0.3 is 0 Å². The topological polar surface area (TPSA) is 27.0 Å². The molecule has 0 bridgehead atoms. The lowest BCUT2D eigenvalue weighted by Gasteiger charge is -2.34. The molecule has 0 N–H and O–H groups in total. The summed E-state index contributed by atoms with van der Waals surface area (Å²) < 4.78 is 14.2. The zero-order valence-corrected chi connectivity index (χ0v) is 13.2. The van der Waals surface area contributed by atoms with Crippen LogP contribution >= 0.6 is 0 Å². The second-order valence-electron chi connectivity index (χ2n) is 6.12. The van der Waals surface area contributed by atoms with Gasteiger partial charge in [-0.25, -0.2) is 4.39 Å². The highest BCUT2D eigenvalue weighted by Crippen LogP contribution is 2.31. The molecule has 23 heavy (non-hydrogen) atoms. The van der Waals surface area contributed by atoms with Crippen molar-refractivity contribution in [3.8, 4) is 6.07 Å². The Labute approximate surface area is 137 Å². The van der Waals surface area contributed by atoms with E-state index in [1.807, 2.05) is 12.1 Å². The van der Waals surface area contributed by atoms with Gasteiger partial charge in [-0.05, 0) is 48.4 Å². The molecule has 0 amide bonds. The van der Waals surface area contributed by atoms with Crippen LogP contribution in [0.1, 0.15) is 36.3 Å². The molecule has 1 heterocycles. The van der Waals surface area contributed by atoms with Gasteiger partial charge in [0.1, 0.15) is 5.82 Å². The van der Waals surface area contributed by atoms with Crippen LogP contribution in [0, 0.1) is 17.1 Å². The summed E-state index contributed by atoms with van der Waals surface area (Å²) in [6.45, 7) is 1.75. The van der Waals surface area contributed by atoms with E-state index in [-0.39, 0.29) is 5.82 Å². The molecule has 3 rings (SSSR count). The van der Waals surface area contributed by atoms with Crippen LogP contribution in [0.2, 0.25) is 0 Å². The van der Waals surface area contributed by atoms with Crippen LogP contribution in [0.3, 0.4) is 0 Å². The Morgan fingerprint density at radius 1 is 1.09 bits per heavy atom. The Morgan fingerprint density at radius 3 is 2.52 bits per heavy atom. The van der Waals surface area contributed by atoms with Crippen LogP contribution < -0.4 is 4.90 Å². The van der Waals surface area contributed by atoms with Gasteiger partial charge in [0.2, 0.25) is 0 Å². The zero-order valence-electron chi connectivity index (χ0n) is 13.2. The number of aryl methyl sites for hydroxylation is 1. The average molecular weight is 308 g/mol. The van der Waals surface area contributed by atoms with Crippen LogP contribution in [0.5, 0.6) is 0 Å². The number of benzene rings is 2. The molecule has 2 nitrogen and oxygen atoms in total. The van der Waals surface area contributed by atoms with Crippen molar-refractivity contribution in [2.45, 2.75) is 31.6 Å². The molecule has 0 spiro atoms. The van der Waals surface area contributed by atoms with Crippen LogP contribution in [-0.2, 0) is 6.42 Å². The number of halogens is 1. The summed E-state index contributed by atoms with van der Waals surface area (Å²) in [5.74, 6) is 0.404. The molecule has 0 unspecified atom stereocenters. The third-order valence-corrected chi connectivity index (χ3v) is 4.64. The van der Waals surface area contributed by atoms with Crippen molar-refractivity contribution in [1.82, 2.24) is 0 Å². The maximum absolute atomic E-state index is 14.2. The Balaban J connectivity index is 1.69. The summed E-state index contributed by atoms with van der Waals surface area (Å²) in [4.78, 5) is 2.14. The van der Waals surface area contributed by atoms with Crippen molar-refractivity contribution in [2.24, 2.45) is 0 Å². The third-order valence-electron chi connectivity index (χ3n) is 4.64. The maximum atomic E-state index is 14.2. The predicted octanol–water partition coefficient (Wildman–Crippen LogP) is 4.67. The minimum atomic E-state index is -0.163. The summed E-state index contributed by atoms with van der Waals surface area (Å²) in [5.41, 5.74) is 3.11. The fraction of sp³-hybridized carbons (Fsp3) is 0.350. The van der Waals surface area contributed by atoms with Crippen molar-refractivity contribution in [1.29, 1.82) is 5.26 Å². The van der Waals surface area contributed by atoms with Crippen molar-refractivity contribution in [3.63, 3.8) is 0 Å². The summed E-state index contributed by atoms with van der Waals surface area (Å²) in [5, 5.41) is 8.70. The summed E-state index contributed by atoms with van der Waals surface area (Å²) in [7, 11) is 0. The first kappa shape index (κ1) is 15.6. The highest BCUT2D eigenvalue weighted by molar-refractivity contribution is 5.50. The standard InChI is InChI=1S/C20H21FN2/c21-19-9-8-16(5-4-12-22)15-20(19)23-13-10-18(11-14-23)17-6-2-1-3-7-17/h1-3,6-9,15,18H,4-5,10-11,13-14H2. The van der Waals surface area contributed by atoms with E-state index in [0.717, 1.165) is 31.5 Å². The Morgan fingerprint density at radius 2 is 1.83 bits per heavy atom. The van der Waals surface area contributed by atoms with Crippen molar-refractivity contribution >= 4 is 5.69 Å². The molecular weight excluding hydrogens is 287 g/mol. The SMILES string of the molecule is N#CCCc1ccc(F)c(N2CCC(c3ccccc3)CC2)c1. The lowest BCUT2D eigenvalue weighted by Crippen LogP contribution is -2.33. The van der Waals surface area contributed by atoms with E-state index in [4.69, 9.17) is 5.26 Å². The number of nitrogens with zero attached hydrogens (tertiary/aromatic N) is 2. The van der Waals surface area contributed by atoms with Gasteiger partial charge in [-0.15, -0.1) is 0 Å². The second-order valence-corrected chi connectivity index (χ2v) is 6.12. The molecule has 3 heteroatoms. The van der Waals surface area contributed by atoms with E-state index in [2.05, 4.69) is 35.2 Å². The second kappa shape index (κ2) is 7.28. The first-order chi connectivity index (χ1) is 11.3. The van der Waals surface area contributed by atoms with Gasteiger partial charge in [-0.1, -0.05) is 36.4 Å². The number of piperidine rings is 1. The summed E-state index contributed by atoms with van der Waals surface area (Å²) >= 11 is 0. The molecule has 2 aromatic rings. The number of anilines is 1. The monoisotopic (exact) mass is 308 g/mol. The van der Waals surface area contributed by atoms with Crippen LogP contribution in [-0.4, -0.2) is 13.1 Å². The van der Waals surface area contributed by atoms with E-state index in [9.17, 15) is 4.39 Å². The minimum Gasteiger partial charge on any atom is -0.369 e. The molecule has 0 atom stereocenters. The molecule has 1 aliphatic heterocycles. The first-order valence-electron chi connectivity index (χ1n) is 8.23. The molecule has 0 radical (unpaired) electrons. The predicted molar refractivity (Wildman–Crippen MR) is 91.0 cm³/mol. The lowest BCUT2D eigenvalue weighted by atomic mass is 9.89. The van der Waals surface area contributed by atoms with Crippen molar-refractivity contribution in [3.05, 3.63) is 65.5 Å². The van der Waals surface area contributed by atoms with Gasteiger partial charge in [0.25, 0.3) is 0 Å². The first-order valence-corrected chi connectivity index (χ1v) is 8.23. The van der Waals surface area contributed by atoms with Crippen molar-refractivity contribution < 1.29 is 4.39 Å². The van der Waals surface area contributed by atoms with Gasteiger partial charge in [0.05, 0.1) is 11.8 Å². The van der Waals surface area contributed by atoms with Crippen LogP contribution in [0.4, 0.5) is 10.1 Å². The largest absolute Gasteiger partial charge is 0.369 e. The minimum absolute atomic E-state index is 0.163. The van der Waals surface area contributed by atoms with E-state index in [0.29, 0.717) is 24.4 Å². The fourth-order valence-electron chi connectivity index (χ4n) is 3.34. The molecule has 2 aromatic carbocycles. The van der Waals surface area contributed by atoms with E-state index >= 15 is 0 Å². The summed E-state index contributed by atoms with van der Waals surface area (Å²) in [6, 6.07) is 18.0. The van der Waals surface area contributed by atoms with E-state index in [1.54, 1.807) is 6.07 Å². The molecule has 118 valence electrons. The number of hydrogen-bond donors (Lipinski definition) is 0. The van der Waals surface area contributed by atoms with Crippen LogP contribution in [0.15, 0.2) is 48.5 Å². The Kier molecular flexibility index (Phi) is 4.92. The average Bonchev–Trinajstić information content (AvgIpc) is 2.62. The highest BCUT2D eigenvalue weighted by Gasteiger charge is 2.22. The zero-order chi connectivity index (χ0) is 16.1. The third kappa shape index (κ3) is 3.71. The van der Waals surface area contributed by atoms with Gasteiger partial charge in [0, 0.05) is 19.5 Å². The molecular formula is C20H21FN2. The fourth-order valence-corrected chi connectivity index (χ4v) is 3.34. The Bertz CT molecular complexity index is 683. The lowest BCUT2D eigenvalue weighted by molar-refractivity contribution is 0.497. The van der Waals surface area contributed by atoms with E-state index < -0.39 is 0 Å². The van der Waals surface area contributed by atoms with E-state index in [1.165, 1.54) is 11.6 Å². The normalized spacial score (nSPS) is 15.4. The molecule has 0 aliphatic carbocycles. The highest BCUT2D eigenvalue weighted by atomic mass is 19.1. The summed E-state index contributed by atoms with van der Waals surface area (Å²) in [6.07, 6.45) is 3.25. The molecule has 1 aliphatic rings. The molecule has 1 fully saturated rings. The van der Waals surface area contributed by atoms with Gasteiger partial charge in [-0.3, -0.25) is 0 Å².